The lowest BCUT2D eigenvalue weighted by Gasteiger charge is -2.10. The van der Waals surface area contributed by atoms with Crippen LogP contribution in [0.2, 0.25) is 0 Å². The molecule has 3 nitrogen and oxygen atoms in total. The fourth-order valence-electron chi connectivity index (χ4n) is 1.91. The number of nitrogens with one attached hydrogen (secondary N) is 2. The minimum Gasteiger partial charge on any atom is -0.357 e. The van der Waals surface area contributed by atoms with Gasteiger partial charge in [0.15, 0.2) is 5.96 Å². The highest BCUT2D eigenvalue weighted by atomic mass is 127. The van der Waals surface area contributed by atoms with Gasteiger partial charge in [-0.3, -0.25) is 4.99 Å². The first kappa shape index (κ1) is 17.2. The molecule has 5 heteroatoms. The van der Waals surface area contributed by atoms with Crippen LogP contribution in [0.15, 0.2) is 29.3 Å². The molecule has 1 aliphatic rings. The maximum Gasteiger partial charge on any atom is 0.191 e. The molecule has 0 amide bonds. The minimum absolute atomic E-state index is 0. The summed E-state index contributed by atoms with van der Waals surface area (Å²) in [5, 5.41) is 6.62. The Bertz CT molecular complexity index is 433. The molecule has 0 saturated heterocycles. The van der Waals surface area contributed by atoms with Crippen LogP contribution in [0.3, 0.4) is 0 Å². The number of guanidine groups is 1. The van der Waals surface area contributed by atoms with Crippen LogP contribution in [0.25, 0.3) is 0 Å². The molecule has 2 rings (SSSR count). The number of benzene rings is 1. The van der Waals surface area contributed by atoms with E-state index < -0.39 is 0 Å². The van der Waals surface area contributed by atoms with Gasteiger partial charge in [0.1, 0.15) is 5.82 Å². The van der Waals surface area contributed by atoms with Crippen molar-refractivity contribution in [3.8, 4) is 0 Å². The van der Waals surface area contributed by atoms with Crippen LogP contribution in [0.1, 0.15) is 31.7 Å². The first-order chi connectivity index (χ1) is 9.28. The van der Waals surface area contributed by atoms with E-state index in [2.05, 4.69) is 22.5 Å². The van der Waals surface area contributed by atoms with Gasteiger partial charge in [0.05, 0.1) is 0 Å². The van der Waals surface area contributed by atoms with Crippen LogP contribution >= 0.6 is 24.0 Å². The smallest absolute Gasteiger partial charge is 0.191 e. The Morgan fingerprint density at radius 2 is 2.20 bits per heavy atom. The maximum absolute atomic E-state index is 13.0. The minimum atomic E-state index is -0.162. The zero-order chi connectivity index (χ0) is 13.5. The van der Waals surface area contributed by atoms with Crippen molar-refractivity contribution in [2.24, 2.45) is 4.99 Å². The van der Waals surface area contributed by atoms with Crippen LogP contribution in [0.4, 0.5) is 4.39 Å². The van der Waals surface area contributed by atoms with Gasteiger partial charge in [-0.1, -0.05) is 12.1 Å². The Hall–Kier alpha value is -0.850. The van der Waals surface area contributed by atoms with E-state index in [9.17, 15) is 4.39 Å². The molecule has 1 fully saturated rings. The number of nitrogens with zero attached hydrogens (tertiary/aromatic N) is 1. The Morgan fingerprint density at radius 1 is 1.40 bits per heavy atom. The predicted octanol–water partition coefficient (Wildman–Crippen LogP) is 3.09. The Morgan fingerprint density at radius 3 is 2.85 bits per heavy atom. The summed E-state index contributed by atoms with van der Waals surface area (Å²) in [6.07, 6.45) is 4.29. The summed E-state index contributed by atoms with van der Waals surface area (Å²) in [4.78, 5) is 4.53. The van der Waals surface area contributed by atoms with Crippen LogP contribution < -0.4 is 10.6 Å². The summed E-state index contributed by atoms with van der Waals surface area (Å²) in [6.45, 7) is 3.71. The summed E-state index contributed by atoms with van der Waals surface area (Å²) < 4.78 is 13.0. The van der Waals surface area contributed by atoms with E-state index in [1.807, 2.05) is 6.07 Å². The molecule has 0 aromatic heterocycles. The van der Waals surface area contributed by atoms with Gasteiger partial charge in [-0.15, -0.1) is 24.0 Å². The average Bonchev–Trinajstić information content (AvgIpc) is 3.19. The summed E-state index contributed by atoms with van der Waals surface area (Å²) >= 11 is 0. The highest BCUT2D eigenvalue weighted by Crippen LogP contribution is 2.18. The normalized spacial score (nSPS) is 14.6. The molecule has 2 N–H and O–H groups in total. The van der Waals surface area contributed by atoms with E-state index in [-0.39, 0.29) is 29.8 Å². The van der Waals surface area contributed by atoms with Gasteiger partial charge in [-0.05, 0) is 50.3 Å². The van der Waals surface area contributed by atoms with Crippen molar-refractivity contribution in [1.82, 2.24) is 10.6 Å². The second-order valence-corrected chi connectivity index (χ2v) is 4.91. The number of rotatable bonds is 6. The van der Waals surface area contributed by atoms with E-state index in [1.165, 1.54) is 18.9 Å². The molecule has 0 spiro atoms. The first-order valence-corrected chi connectivity index (χ1v) is 7.07. The summed E-state index contributed by atoms with van der Waals surface area (Å²) in [5.41, 5.74) is 1.04. The average molecular weight is 391 g/mol. The van der Waals surface area contributed by atoms with E-state index in [1.54, 1.807) is 12.1 Å². The molecule has 1 saturated carbocycles. The van der Waals surface area contributed by atoms with Crippen molar-refractivity contribution >= 4 is 29.9 Å². The highest BCUT2D eigenvalue weighted by molar-refractivity contribution is 14.0. The lowest BCUT2D eigenvalue weighted by molar-refractivity contribution is 0.624. The van der Waals surface area contributed by atoms with Crippen LogP contribution in [0, 0.1) is 5.82 Å². The van der Waals surface area contributed by atoms with E-state index in [4.69, 9.17) is 0 Å². The van der Waals surface area contributed by atoms with Gasteiger partial charge in [0.25, 0.3) is 0 Å². The maximum atomic E-state index is 13.0. The fourth-order valence-corrected chi connectivity index (χ4v) is 1.91. The van der Waals surface area contributed by atoms with Gasteiger partial charge in [-0.2, -0.15) is 0 Å². The molecule has 1 aliphatic carbocycles. The number of hydrogen-bond donors (Lipinski definition) is 2. The SMILES string of the molecule is CCNC(=NCCCc1cccc(F)c1)NC1CC1.I. The summed E-state index contributed by atoms with van der Waals surface area (Å²) in [5.74, 6) is 0.744. The van der Waals surface area contributed by atoms with Crippen molar-refractivity contribution in [1.29, 1.82) is 0 Å². The Kier molecular flexibility index (Phi) is 7.87. The Labute approximate surface area is 137 Å². The van der Waals surface area contributed by atoms with Crippen molar-refractivity contribution < 1.29 is 4.39 Å². The van der Waals surface area contributed by atoms with Gasteiger partial charge in [0, 0.05) is 19.1 Å². The molecule has 0 heterocycles. The topological polar surface area (TPSA) is 36.4 Å². The number of aryl methyl sites for hydroxylation is 1. The molecule has 0 unspecified atom stereocenters. The van der Waals surface area contributed by atoms with Gasteiger partial charge in [-0.25, -0.2) is 4.39 Å². The van der Waals surface area contributed by atoms with Gasteiger partial charge in [0.2, 0.25) is 0 Å². The molecule has 1 aromatic rings. The molecule has 112 valence electrons. The standard InChI is InChI=1S/C15H22FN3.HI/c1-2-17-15(19-14-8-9-14)18-10-4-6-12-5-3-7-13(16)11-12;/h3,5,7,11,14H,2,4,6,8-10H2,1H3,(H2,17,18,19);1H. The quantitative estimate of drug-likeness (QED) is 0.339. The van der Waals surface area contributed by atoms with Crippen molar-refractivity contribution in [2.45, 2.75) is 38.6 Å². The van der Waals surface area contributed by atoms with Crippen LogP contribution in [-0.4, -0.2) is 25.1 Å². The fraction of sp³-hybridized carbons (Fsp3) is 0.533. The van der Waals surface area contributed by atoms with Crippen LogP contribution in [-0.2, 0) is 6.42 Å². The first-order valence-electron chi connectivity index (χ1n) is 7.07. The second-order valence-electron chi connectivity index (χ2n) is 4.91. The number of aliphatic imine (C=N–C) groups is 1. The third-order valence-electron chi connectivity index (χ3n) is 3.04. The molecule has 0 aliphatic heterocycles. The number of halogens is 2. The predicted molar refractivity (Wildman–Crippen MR) is 92.3 cm³/mol. The summed E-state index contributed by atoms with van der Waals surface area (Å²) in [6, 6.07) is 7.40. The summed E-state index contributed by atoms with van der Waals surface area (Å²) in [7, 11) is 0. The zero-order valence-electron chi connectivity index (χ0n) is 11.9. The molecule has 0 atom stereocenters. The van der Waals surface area contributed by atoms with Crippen LogP contribution in [0.5, 0.6) is 0 Å². The third kappa shape index (κ3) is 6.54. The molecule has 1 aromatic carbocycles. The molecular formula is C15H23FIN3. The molecule has 0 bridgehead atoms. The van der Waals surface area contributed by atoms with Gasteiger partial charge < -0.3 is 10.6 Å². The van der Waals surface area contributed by atoms with Gasteiger partial charge >= 0.3 is 0 Å². The second kappa shape index (κ2) is 9.15. The lowest BCUT2D eigenvalue weighted by Crippen LogP contribution is -2.38. The molecule has 0 radical (unpaired) electrons. The Balaban J connectivity index is 0.00000200. The molecule has 20 heavy (non-hydrogen) atoms. The third-order valence-corrected chi connectivity index (χ3v) is 3.04. The highest BCUT2D eigenvalue weighted by Gasteiger charge is 2.21. The largest absolute Gasteiger partial charge is 0.357 e. The number of hydrogen-bond acceptors (Lipinski definition) is 1. The lowest BCUT2D eigenvalue weighted by atomic mass is 10.1. The van der Waals surface area contributed by atoms with Crippen molar-refractivity contribution in [2.75, 3.05) is 13.1 Å². The van der Waals surface area contributed by atoms with E-state index in [0.29, 0.717) is 6.04 Å². The van der Waals surface area contributed by atoms with Crippen molar-refractivity contribution in [3.63, 3.8) is 0 Å². The van der Waals surface area contributed by atoms with E-state index in [0.717, 1.165) is 37.5 Å². The monoisotopic (exact) mass is 391 g/mol. The van der Waals surface area contributed by atoms with E-state index >= 15 is 0 Å². The molecular weight excluding hydrogens is 368 g/mol. The zero-order valence-corrected chi connectivity index (χ0v) is 14.2. The van der Waals surface area contributed by atoms with Crippen molar-refractivity contribution in [3.05, 3.63) is 35.6 Å².